The van der Waals surface area contributed by atoms with Gasteiger partial charge in [-0.05, 0) is 12.1 Å². The third-order valence-corrected chi connectivity index (χ3v) is 2.32. The van der Waals surface area contributed by atoms with Crippen LogP contribution in [0, 0.1) is 0 Å². The summed E-state index contributed by atoms with van der Waals surface area (Å²) in [6.07, 6.45) is 2.15. The van der Waals surface area contributed by atoms with Crippen LogP contribution in [0.2, 0.25) is 0 Å². The van der Waals surface area contributed by atoms with Crippen LogP contribution in [-0.2, 0) is 11.8 Å². The maximum absolute atomic E-state index is 5.57. The van der Waals surface area contributed by atoms with Crippen molar-refractivity contribution in [2.45, 2.75) is 32.6 Å². The van der Waals surface area contributed by atoms with Crippen LogP contribution >= 0.6 is 0 Å². The van der Waals surface area contributed by atoms with E-state index in [9.17, 15) is 0 Å². The molecule has 5 nitrogen and oxygen atoms in total. The lowest BCUT2D eigenvalue weighted by molar-refractivity contribution is 0.367. The van der Waals surface area contributed by atoms with Gasteiger partial charge in [0.2, 0.25) is 5.89 Å². The summed E-state index contributed by atoms with van der Waals surface area (Å²) in [4.78, 5) is 8.54. The maximum Gasteiger partial charge on any atom is 0.232 e. The van der Waals surface area contributed by atoms with Gasteiger partial charge in [-0.1, -0.05) is 25.9 Å². The van der Waals surface area contributed by atoms with E-state index >= 15 is 0 Å². The van der Waals surface area contributed by atoms with Crippen LogP contribution in [-0.4, -0.2) is 15.1 Å². The number of rotatable bonds is 2. The van der Waals surface area contributed by atoms with Crippen molar-refractivity contribution in [3.05, 3.63) is 35.7 Å². The molecular weight excluding hydrogens is 216 g/mol. The minimum absolute atomic E-state index is 0.101. The first kappa shape index (κ1) is 11.6. The fraction of sp³-hybridized carbons (Fsp3) is 0.417. The average molecular weight is 232 g/mol. The second-order valence-corrected chi connectivity index (χ2v) is 5.02. The Labute approximate surface area is 100 Å². The summed E-state index contributed by atoms with van der Waals surface area (Å²) in [5, 5.41) is 3.96. The molecule has 17 heavy (non-hydrogen) atoms. The molecule has 0 amide bonds. The van der Waals surface area contributed by atoms with Gasteiger partial charge in [0.15, 0.2) is 5.82 Å². The van der Waals surface area contributed by atoms with Crippen LogP contribution in [0.5, 0.6) is 0 Å². The van der Waals surface area contributed by atoms with Crippen molar-refractivity contribution < 1.29 is 4.52 Å². The second-order valence-electron chi connectivity index (χ2n) is 5.02. The van der Waals surface area contributed by atoms with Crippen LogP contribution in [0.25, 0.3) is 0 Å². The van der Waals surface area contributed by atoms with Crippen molar-refractivity contribution in [1.82, 2.24) is 15.1 Å². The zero-order valence-corrected chi connectivity index (χ0v) is 10.3. The molecule has 0 aliphatic rings. The summed E-state index contributed by atoms with van der Waals surface area (Å²) in [7, 11) is 0. The summed E-state index contributed by atoms with van der Waals surface area (Å²) >= 11 is 0. The smallest absolute Gasteiger partial charge is 0.232 e. The number of pyridine rings is 1. The van der Waals surface area contributed by atoms with Crippen molar-refractivity contribution in [1.29, 1.82) is 0 Å². The highest BCUT2D eigenvalue weighted by Gasteiger charge is 2.20. The Hall–Kier alpha value is -1.91. The Morgan fingerprint density at radius 3 is 2.59 bits per heavy atom. The number of nitrogen functional groups attached to an aromatic ring is 1. The number of anilines is 1. The molecule has 0 spiro atoms. The molecule has 0 unspecified atom stereocenters. The van der Waals surface area contributed by atoms with Gasteiger partial charge >= 0.3 is 0 Å². The van der Waals surface area contributed by atoms with Gasteiger partial charge in [0.05, 0.1) is 18.3 Å². The summed E-state index contributed by atoms with van der Waals surface area (Å²) in [5.74, 6) is 1.29. The minimum atomic E-state index is -0.101. The lowest BCUT2D eigenvalue weighted by atomic mass is 9.96. The Morgan fingerprint density at radius 2 is 2.06 bits per heavy atom. The lowest BCUT2D eigenvalue weighted by Crippen LogP contribution is -2.13. The van der Waals surface area contributed by atoms with Gasteiger partial charge in [-0.25, -0.2) is 0 Å². The van der Waals surface area contributed by atoms with E-state index in [1.54, 1.807) is 6.20 Å². The first-order valence-electron chi connectivity index (χ1n) is 5.48. The first-order valence-corrected chi connectivity index (χ1v) is 5.48. The van der Waals surface area contributed by atoms with E-state index in [0.717, 1.165) is 5.69 Å². The molecule has 0 aliphatic carbocycles. The molecule has 0 saturated heterocycles. The number of hydrogen-bond donors (Lipinski definition) is 1. The highest BCUT2D eigenvalue weighted by molar-refractivity contribution is 5.34. The predicted molar refractivity (Wildman–Crippen MR) is 64.5 cm³/mol. The standard InChI is InChI=1S/C12H16N4O/c1-12(2,3)11-15-10(17-16-11)6-9-5-4-8(13)7-14-9/h4-5,7H,6,13H2,1-3H3. The van der Waals surface area contributed by atoms with Crippen molar-refractivity contribution >= 4 is 5.69 Å². The predicted octanol–water partition coefficient (Wildman–Crippen LogP) is 1.94. The molecule has 2 aromatic rings. The van der Waals surface area contributed by atoms with Gasteiger partial charge in [-0.3, -0.25) is 4.98 Å². The van der Waals surface area contributed by atoms with Crippen molar-refractivity contribution in [3.63, 3.8) is 0 Å². The SMILES string of the molecule is CC(C)(C)c1noc(Cc2ccc(N)cn2)n1. The maximum atomic E-state index is 5.57. The van der Waals surface area contributed by atoms with E-state index in [1.807, 2.05) is 32.9 Å². The van der Waals surface area contributed by atoms with Crippen LogP contribution in [0.4, 0.5) is 5.69 Å². The topological polar surface area (TPSA) is 77.8 Å². The molecular formula is C12H16N4O. The van der Waals surface area contributed by atoms with Gasteiger partial charge in [0.1, 0.15) is 0 Å². The number of hydrogen-bond acceptors (Lipinski definition) is 5. The van der Waals surface area contributed by atoms with Gasteiger partial charge in [-0.15, -0.1) is 0 Å². The first-order chi connectivity index (χ1) is 7.95. The molecule has 2 heterocycles. The van der Waals surface area contributed by atoms with Crippen LogP contribution in [0.3, 0.4) is 0 Å². The zero-order valence-electron chi connectivity index (χ0n) is 10.3. The summed E-state index contributed by atoms with van der Waals surface area (Å²) < 4.78 is 5.19. The van der Waals surface area contributed by atoms with E-state index in [4.69, 9.17) is 10.3 Å². The molecule has 90 valence electrons. The molecule has 2 aromatic heterocycles. The van der Waals surface area contributed by atoms with Crippen LogP contribution < -0.4 is 5.73 Å². The van der Waals surface area contributed by atoms with Gasteiger partial charge in [0.25, 0.3) is 0 Å². The lowest BCUT2D eigenvalue weighted by Gasteiger charge is -2.10. The van der Waals surface area contributed by atoms with Crippen molar-refractivity contribution in [2.24, 2.45) is 0 Å². The van der Waals surface area contributed by atoms with Crippen molar-refractivity contribution in [2.75, 3.05) is 5.73 Å². The van der Waals surface area contributed by atoms with E-state index in [1.165, 1.54) is 0 Å². The van der Waals surface area contributed by atoms with Gasteiger partial charge in [-0.2, -0.15) is 4.98 Å². The largest absolute Gasteiger partial charge is 0.397 e. The van der Waals surface area contributed by atoms with Gasteiger partial charge in [0, 0.05) is 11.1 Å². The highest BCUT2D eigenvalue weighted by atomic mass is 16.5. The second kappa shape index (κ2) is 4.16. The molecule has 0 aromatic carbocycles. The molecule has 0 aliphatic heterocycles. The zero-order chi connectivity index (χ0) is 12.5. The fourth-order valence-electron chi connectivity index (χ4n) is 1.33. The summed E-state index contributed by atoms with van der Waals surface area (Å²) in [6.45, 7) is 6.13. The third kappa shape index (κ3) is 2.81. The Morgan fingerprint density at radius 1 is 1.29 bits per heavy atom. The number of aromatic nitrogens is 3. The van der Waals surface area contributed by atoms with E-state index in [-0.39, 0.29) is 5.41 Å². The number of nitrogens with two attached hydrogens (primary N) is 1. The number of nitrogens with zero attached hydrogens (tertiary/aromatic N) is 3. The quantitative estimate of drug-likeness (QED) is 0.856. The van der Waals surface area contributed by atoms with Crippen LogP contribution in [0.15, 0.2) is 22.9 Å². The molecule has 5 heteroatoms. The Kier molecular flexibility index (Phi) is 2.83. The minimum Gasteiger partial charge on any atom is -0.397 e. The van der Waals surface area contributed by atoms with E-state index in [2.05, 4.69) is 15.1 Å². The van der Waals surface area contributed by atoms with E-state index in [0.29, 0.717) is 23.8 Å². The Bertz CT molecular complexity index is 496. The van der Waals surface area contributed by atoms with Gasteiger partial charge < -0.3 is 10.3 Å². The molecule has 0 fully saturated rings. The van der Waals surface area contributed by atoms with Crippen LogP contribution in [0.1, 0.15) is 38.2 Å². The highest BCUT2D eigenvalue weighted by Crippen LogP contribution is 2.19. The normalized spacial score (nSPS) is 11.7. The average Bonchev–Trinajstić information content (AvgIpc) is 2.69. The molecule has 2 rings (SSSR count). The summed E-state index contributed by atoms with van der Waals surface area (Å²) in [6, 6.07) is 3.67. The molecule has 0 atom stereocenters. The molecule has 0 bridgehead atoms. The monoisotopic (exact) mass is 232 g/mol. The third-order valence-electron chi connectivity index (χ3n) is 2.32. The molecule has 2 N–H and O–H groups in total. The van der Waals surface area contributed by atoms with Crippen molar-refractivity contribution in [3.8, 4) is 0 Å². The Balaban J connectivity index is 2.14. The van der Waals surface area contributed by atoms with E-state index < -0.39 is 0 Å². The summed E-state index contributed by atoms with van der Waals surface area (Å²) in [5.41, 5.74) is 6.98. The fourth-order valence-corrected chi connectivity index (χ4v) is 1.33. The molecule has 0 radical (unpaired) electrons. The molecule has 0 saturated carbocycles.